The zero-order valence-corrected chi connectivity index (χ0v) is 10.7. The molecule has 6 nitrogen and oxygen atoms in total. The van der Waals surface area contributed by atoms with Crippen LogP contribution < -0.4 is 10.6 Å². The van der Waals surface area contributed by atoms with Crippen molar-refractivity contribution in [2.45, 2.75) is 6.54 Å². The molecule has 0 atom stereocenters. The van der Waals surface area contributed by atoms with Gasteiger partial charge >= 0.3 is 0 Å². The van der Waals surface area contributed by atoms with Crippen LogP contribution in [0.25, 0.3) is 0 Å². The first-order valence-electron chi connectivity index (χ1n) is 6.06. The van der Waals surface area contributed by atoms with E-state index in [1.54, 1.807) is 0 Å². The van der Waals surface area contributed by atoms with Crippen LogP contribution >= 0.6 is 0 Å². The predicted octanol–water partition coefficient (Wildman–Crippen LogP) is 1.08. The van der Waals surface area contributed by atoms with E-state index in [0.29, 0.717) is 17.9 Å². The molecule has 0 bridgehead atoms. The average Bonchev–Trinajstić information content (AvgIpc) is 2.52. The lowest BCUT2D eigenvalue weighted by atomic mass is 10.2. The molecule has 2 rings (SSSR count). The third kappa shape index (κ3) is 3.78. The lowest BCUT2D eigenvalue weighted by Crippen LogP contribution is -2.29. The molecule has 6 heteroatoms. The maximum absolute atomic E-state index is 11.7. The number of carbonyl (C=O) groups is 1. The molecule has 2 aromatic rings. The summed E-state index contributed by atoms with van der Waals surface area (Å²) in [5, 5.41) is 21.9. The van der Waals surface area contributed by atoms with E-state index >= 15 is 0 Å². The highest BCUT2D eigenvalue weighted by Crippen LogP contribution is 2.07. The van der Waals surface area contributed by atoms with Crippen molar-refractivity contribution < 1.29 is 4.79 Å². The van der Waals surface area contributed by atoms with Gasteiger partial charge in [0.25, 0.3) is 0 Å². The molecular formula is C14H13N5O. The van der Waals surface area contributed by atoms with E-state index < -0.39 is 0 Å². The Hall–Kier alpha value is -2.94. The molecule has 0 radical (unpaired) electrons. The molecule has 0 saturated heterocycles. The summed E-state index contributed by atoms with van der Waals surface area (Å²) in [6.07, 6.45) is 1.43. The third-order valence-electron chi connectivity index (χ3n) is 2.59. The Morgan fingerprint density at radius 1 is 1.25 bits per heavy atom. The second kappa shape index (κ2) is 6.85. The smallest absolute Gasteiger partial charge is 0.239 e. The first-order chi connectivity index (χ1) is 9.79. The lowest BCUT2D eigenvalue weighted by molar-refractivity contribution is -0.119. The topological polar surface area (TPSA) is 90.7 Å². The van der Waals surface area contributed by atoms with Crippen molar-refractivity contribution in [2.75, 3.05) is 11.9 Å². The first kappa shape index (κ1) is 13.5. The Kier molecular flexibility index (Phi) is 4.62. The second-order valence-corrected chi connectivity index (χ2v) is 4.02. The van der Waals surface area contributed by atoms with Crippen LogP contribution in [0, 0.1) is 11.3 Å². The van der Waals surface area contributed by atoms with Crippen LogP contribution in [0.2, 0.25) is 0 Å². The fraction of sp³-hybridized carbons (Fsp3) is 0.143. The summed E-state index contributed by atoms with van der Waals surface area (Å²) in [6.45, 7) is 0.507. The van der Waals surface area contributed by atoms with E-state index in [2.05, 4.69) is 20.8 Å². The van der Waals surface area contributed by atoms with E-state index in [-0.39, 0.29) is 12.5 Å². The third-order valence-corrected chi connectivity index (χ3v) is 2.59. The Balaban J connectivity index is 1.82. The van der Waals surface area contributed by atoms with Crippen LogP contribution in [0.5, 0.6) is 0 Å². The molecule has 20 heavy (non-hydrogen) atoms. The predicted molar refractivity (Wildman–Crippen MR) is 73.5 cm³/mol. The van der Waals surface area contributed by atoms with Crippen molar-refractivity contribution in [1.82, 2.24) is 15.5 Å². The van der Waals surface area contributed by atoms with Gasteiger partial charge in [-0.25, -0.2) is 0 Å². The molecule has 100 valence electrons. The zero-order chi connectivity index (χ0) is 14.2. The number of nitriles is 1. The van der Waals surface area contributed by atoms with Gasteiger partial charge in [-0.15, -0.1) is 5.10 Å². The van der Waals surface area contributed by atoms with Crippen LogP contribution in [0.1, 0.15) is 11.1 Å². The number of nitrogens with zero attached hydrogens (tertiary/aromatic N) is 3. The minimum Gasteiger partial charge on any atom is -0.358 e. The number of benzene rings is 1. The Morgan fingerprint density at radius 3 is 2.80 bits per heavy atom. The van der Waals surface area contributed by atoms with Gasteiger partial charge in [-0.1, -0.05) is 30.3 Å². The number of hydrogen-bond acceptors (Lipinski definition) is 5. The van der Waals surface area contributed by atoms with Crippen molar-refractivity contribution in [1.29, 1.82) is 5.26 Å². The Labute approximate surface area is 116 Å². The Morgan fingerprint density at radius 2 is 2.05 bits per heavy atom. The molecule has 1 aromatic carbocycles. The van der Waals surface area contributed by atoms with Gasteiger partial charge in [0.05, 0.1) is 18.3 Å². The number of carbonyl (C=O) groups excluding carboxylic acids is 1. The molecule has 0 aliphatic rings. The van der Waals surface area contributed by atoms with Gasteiger partial charge in [-0.05, 0) is 11.6 Å². The van der Waals surface area contributed by atoms with E-state index in [9.17, 15) is 4.79 Å². The molecule has 0 saturated carbocycles. The van der Waals surface area contributed by atoms with Crippen molar-refractivity contribution in [2.24, 2.45) is 0 Å². The second-order valence-electron chi connectivity index (χ2n) is 4.02. The number of aromatic nitrogens is 2. The maximum Gasteiger partial charge on any atom is 0.239 e. The molecule has 0 spiro atoms. The normalized spacial score (nSPS) is 9.55. The molecule has 1 heterocycles. The molecule has 0 aliphatic heterocycles. The molecule has 1 amide bonds. The van der Waals surface area contributed by atoms with Gasteiger partial charge in [-0.3, -0.25) is 4.79 Å². The Bertz CT molecular complexity index is 621. The SMILES string of the molecule is N#Cc1ccnnc1NCC(=O)NCc1ccccc1. The van der Waals surface area contributed by atoms with Gasteiger partial charge in [0, 0.05) is 6.54 Å². The van der Waals surface area contributed by atoms with E-state index in [1.165, 1.54) is 12.3 Å². The summed E-state index contributed by atoms with van der Waals surface area (Å²) in [7, 11) is 0. The van der Waals surface area contributed by atoms with Crippen molar-refractivity contribution >= 4 is 11.7 Å². The number of rotatable bonds is 5. The molecule has 2 N–H and O–H groups in total. The van der Waals surface area contributed by atoms with Crippen LogP contribution in [-0.2, 0) is 11.3 Å². The largest absolute Gasteiger partial charge is 0.358 e. The maximum atomic E-state index is 11.7. The minimum absolute atomic E-state index is 0.0419. The van der Waals surface area contributed by atoms with Gasteiger partial charge < -0.3 is 10.6 Å². The lowest BCUT2D eigenvalue weighted by Gasteiger charge is -2.07. The number of hydrogen-bond donors (Lipinski definition) is 2. The highest BCUT2D eigenvalue weighted by atomic mass is 16.1. The van der Waals surface area contributed by atoms with Crippen LogP contribution in [-0.4, -0.2) is 22.6 Å². The summed E-state index contributed by atoms with van der Waals surface area (Å²) in [6, 6.07) is 13.1. The summed E-state index contributed by atoms with van der Waals surface area (Å²) in [5.41, 5.74) is 1.38. The molecule has 1 aromatic heterocycles. The average molecular weight is 267 g/mol. The fourth-order valence-corrected chi connectivity index (χ4v) is 1.58. The van der Waals surface area contributed by atoms with Crippen molar-refractivity contribution in [3.05, 3.63) is 53.7 Å². The summed E-state index contributed by atoms with van der Waals surface area (Å²) in [5.74, 6) is 0.133. The number of anilines is 1. The van der Waals surface area contributed by atoms with Crippen molar-refractivity contribution in [3.8, 4) is 6.07 Å². The van der Waals surface area contributed by atoms with Gasteiger partial charge in [0.2, 0.25) is 5.91 Å². The monoisotopic (exact) mass is 267 g/mol. The quantitative estimate of drug-likeness (QED) is 0.845. The van der Waals surface area contributed by atoms with Crippen LogP contribution in [0.3, 0.4) is 0 Å². The van der Waals surface area contributed by atoms with Crippen LogP contribution in [0.15, 0.2) is 42.6 Å². The van der Waals surface area contributed by atoms with Gasteiger partial charge in [-0.2, -0.15) is 10.4 Å². The zero-order valence-electron chi connectivity index (χ0n) is 10.7. The molecule has 0 fully saturated rings. The standard InChI is InChI=1S/C14H13N5O/c15-8-12-6-7-18-19-14(12)17-10-13(20)16-9-11-4-2-1-3-5-11/h1-7H,9-10H2,(H,16,20)(H,17,19). The summed E-state index contributed by atoms with van der Waals surface area (Å²) < 4.78 is 0. The van der Waals surface area contributed by atoms with E-state index in [0.717, 1.165) is 5.56 Å². The molecular weight excluding hydrogens is 254 g/mol. The first-order valence-corrected chi connectivity index (χ1v) is 6.06. The minimum atomic E-state index is -0.177. The fourth-order valence-electron chi connectivity index (χ4n) is 1.58. The highest BCUT2D eigenvalue weighted by Gasteiger charge is 2.05. The van der Waals surface area contributed by atoms with Crippen molar-refractivity contribution in [3.63, 3.8) is 0 Å². The summed E-state index contributed by atoms with van der Waals surface area (Å²) in [4.78, 5) is 11.7. The van der Waals surface area contributed by atoms with E-state index in [1.807, 2.05) is 36.4 Å². The molecule has 0 aliphatic carbocycles. The highest BCUT2D eigenvalue weighted by molar-refractivity contribution is 5.80. The van der Waals surface area contributed by atoms with Gasteiger partial charge in [0.15, 0.2) is 5.82 Å². The van der Waals surface area contributed by atoms with Gasteiger partial charge in [0.1, 0.15) is 6.07 Å². The number of amides is 1. The number of nitrogens with one attached hydrogen (secondary N) is 2. The van der Waals surface area contributed by atoms with Crippen LogP contribution in [0.4, 0.5) is 5.82 Å². The molecule has 0 unspecified atom stereocenters. The van der Waals surface area contributed by atoms with E-state index in [4.69, 9.17) is 5.26 Å². The summed E-state index contributed by atoms with van der Waals surface area (Å²) >= 11 is 0.